The molecule has 0 unspecified atom stereocenters. The number of urea groups is 1. The molecule has 7 heteroatoms. The number of carbonyl (C=O) groups excluding carboxylic acids is 2. The SMILES string of the molecule is Cc1cccc(NC(=O)N2CCC(C(=O)NCc3ccc(-c4ccc(Cl)cc4)o3)CC2)c1. The molecule has 3 aromatic rings. The number of halogens is 1. The number of rotatable bonds is 5. The highest BCUT2D eigenvalue weighted by molar-refractivity contribution is 6.30. The number of anilines is 1. The second-order valence-corrected chi connectivity index (χ2v) is 8.49. The number of benzene rings is 2. The van der Waals surface area contributed by atoms with Crippen molar-refractivity contribution in [2.45, 2.75) is 26.3 Å². The minimum Gasteiger partial charge on any atom is -0.459 e. The quantitative estimate of drug-likeness (QED) is 0.540. The summed E-state index contributed by atoms with van der Waals surface area (Å²) >= 11 is 5.93. The van der Waals surface area contributed by atoms with Gasteiger partial charge in [-0.05, 0) is 73.9 Å². The largest absolute Gasteiger partial charge is 0.459 e. The topological polar surface area (TPSA) is 74.6 Å². The Kier molecular flexibility index (Phi) is 6.81. The van der Waals surface area contributed by atoms with Crippen LogP contribution in [-0.4, -0.2) is 29.9 Å². The molecule has 0 radical (unpaired) electrons. The molecular formula is C25H26ClN3O3. The molecule has 0 saturated carbocycles. The number of nitrogens with zero attached hydrogens (tertiary/aromatic N) is 1. The maximum atomic E-state index is 12.6. The predicted octanol–water partition coefficient (Wildman–Crippen LogP) is 5.47. The van der Waals surface area contributed by atoms with E-state index >= 15 is 0 Å². The third-order valence-corrected chi connectivity index (χ3v) is 5.90. The third-order valence-electron chi connectivity index (χ3n) is 5.65. The van der Waals surface area contributed by atoms with Crippen molar-refractivity contribution < 1.29 is 14.0 Å². The van der Waals surface area contributed by atoms with Gasteiger partial charge >= 0.3 is 6.03 Å². The van der Waals surface area contributed by atoms with Gasteiger partial charge in [-0.2, -0.15) is 0 Å². The number of hydrogen-bond acceptors (Lipinski definition) is 3. The Morgan fingerprint density at radius 2 is 1.81 bits per heavy atom. The van der Waals surface area contributed by atoms with Crippen LogP contribution in [0.2, 0.25) is 5.02 Å². The number of hydrogen-bond donors (Lipinski definition) is 2. The first kappa shape index (κ1) is 22.0. The zero-order valence-electron chi connectivity index (χ0n) is 17.9. The van der Waals surface area contributed by atoms with Gasteiger partial charge in [0, 0.05) is 35.3 Å². The standard InChI is InChI=1S/C25H26ClN3O3/c1-17-3-2-4-21(15-17)28-25(31)29-13-11-19(12-14-29)24(30)27-16-22-9-10-23(32-22)18-5-7-20(26)8-6-18/h2-10,15,19H,11-14,16H2,1H3,(H,27,30)(H,28,31). The number of nitrogens with one attached hydrogen (secondary N) is 2. The lowest BCUT2D eigenvalue weighted by Crippen LogP contribution is -2.44. The van der Waals surface area contributed by atoms with E-state index in [1.165, 1.54) is 0 Å². The van der Waals surface area contributed by atoms with Crippen LogP contribution in [0.25, 0.3) is 11.3 Å². The summed E-state index contributed by atoms with van der Waals surface area (Å²) in [6.45, 7) is 3.43. The van der Waals surface area contributed by atoms with E-state index in [0.29, 0.717) is 43.3 Å². The number of carbonyl (C=O) groups is 2. The fourth-order valence-electron chi connectivity index (χ4n) is 3.83. The molecule has 1 fully saturated rings. The maximum Gasteiger partial charge on any atom is 0.321 e. The highest BCUT2D eigenvalue weighted by atomic mass is 35.5. The predicted molar refractivity (Wildman–Crippen MR) is 125 cm³/mol. The summed E-state index contributed by atoms with van der Waals surface area (Å²) in [5.41, 5.74) is 2.81. The van der Waals surface area contributed by atoms with E-state index in [4.69, 9.17) is 16.0 Å². The van der Waals surface area contributed by atoms with Crippen molar-refractivity contribution in [3.63, 3.8) is 0 Å². The van der Waals surface area contributed by atoms with Gasteiger partial charge in [0.1, 0.15) is 11.5 Å². The van der Waals surface area contributed by atoms with Crippen molar-refractivity contribution in [3.8, 4) is 11.3 Å². The van der Waals surface area contributed by atoms with Gasteiger partial charge in [0.2, 0.25) is 5.91 Å². The third kappa shape index (κ3) is 5.51. The van der Waals surface area contributed by atoms with Crippen LogP contribution in [0, 0.1) is 12.8 Å². The second kappa shape index (κ2) is 9.92. The van der Waals surface area contributed by atoms with E-state index in [-0.39, 0.29) is 17.9 Å². The Morgan fingerprint density at radius 1 is 1.06 bits per heavy atom. The first-order valence-corrected chi connectivity index (χ1v) is 11.1. The van der Waals surface area contributed by atoms with Crippen LogP contribution >= 0.6 is 11.6 Å². The second-order valence-electron chi connectivity index (χ2n) is 8.05. The summed E-state index contributed by atoms with van der Waals surface area (Å²) in [6, 6.07) is 18.8. The van der Waals surface area contributed by atoms with Crippen LogP contribution in [0.4, 0.5) is 10.5 Å². The molecule has 2 aromatic carbocycles. The highest BCUT2D eigenvalue weighted by Gasteiger charge is 2.27. The van der Waals surface area contributed by atoms with E-state index in [1.807, 2.05) is 67.6 Å². The Hall–Kier alpha value is -3.25. The maximum absolute atomic E-state index is 12.6. The Bertz CT molecular complexity index is 1090. The molecule has 6 nitrogen and oxygen atoms in total. The summed E-state index contributed by atoms with van der Waals surface area (Å²) in [5, 5.41) is 6.56. The van der Waals surface area contributed by atoms with Gasteiger partial charge in [0.05, 0.1) is 6.54 Å². The Balaban J connectivity index is 1.23. The van der Waals surface area contributed by atoms with Crippen LogP contribution in [0.5, 0.6) is 0 Å². The molecule has 2 N–H and O–H groups in total. The van der Waals surface area contributed by atoms with E-state index in [9.17, 15) is 9.59 Å². The molecule has 4 rings (SSSR count). The summed E-state index contributed by atoms with van der Waals surface area (Å²) < 4.78 is 5.84. The number of amides is 3. The van der Waals surface area contributed by atoms with E-state index in [0.717, 1.165) is 22.6 Å². The van der Waals surface area contributed by atoms with E-state index in [2.05, 4.69) is 10.6 Å². The summed E-state index contributed by atoms with van der Waals surface area (Å²) in [5.74, 6) is 1.31. The van der Waals surface area contributed by atoms with Gasteiger partial charge in [-0.1, -0.05) is 23.7 Å². The monoisotopic (exact) mass is 451 g/mol. The molecule has 3 amide bonds. The van der Waals surface area contributed by atoms with Gasteiger partial charge in [-0.15, -0.1) is 0 Å². The first-order valence-electron chi connectivity index (χ1n) is 10.7. The first-order chi connectivity index (χ1) is 15.5. The van der Waals surface area contributed by atoms with E-state index in [1.54, 1.807) is 4.90 Å². The molecule has 1 aliphatic rings. The lowest BCUT2D eigenvalue weighted by molar-refractivity contribution is -0.126. The molecule has 0 aliphatic carbocycles. The average molecular weight is 452 g/mol. The van der Waals surface area contributed by atoms with Gasteiger partial charge in [0.25, 0.3) is 0 Å². The van der Waals surface area contributed by atoms with Crippen LogP contribution in [0.3, 0.4) is 0 Å². The van der Waals surface area contributed by atoms with E-state index < -0.39 is 0 Å². The van der Waals surface area contributed by atoms with Gasteiger partial charge < -0.3 is 20.0 Å². The van der Waals surface area contributed by atoms with Crippen molar-refractivity contribution in [3.05, 3.63) is 77.0 Å². The molecule has 0 atom stereocenters. The molecule has 0 spiro atoms. The number of piperidine rings is 1. The Labute approximate surface area is 192 Å². The van der Waals surface area contributed by atoms with Crippen molar-refractivity contribution in [1.82, 2.24) is 10.2 Å². The molecule has 1 saturated heterocycles. The van der Waals surface area contributed by atoms with Crippen molar-refractivity contribution in [1.29, 1.82) is 0 Å². The minimum absolute atomic E-state index is 0.00631. The van der Waals surface area contributed by atoms with Crippen molar-refractivity contribution >= 4 is 29.2 Å². The molecule has 1 aromatic heterocycles. The Morgan fingerprint density at radius 3 is 2.53 bits per heavy atom. The van der Waals surface area contributed by atoms with Crippen LogP contribution in [0.15, 0.2) is 65.1 Å². The average Bonchev–Trinajstić information content (AvgIpc) is 3.27. The number of likely N-dealkylation sites (tertiary alicyclic amines) is 1. The molecule has 1 aliphatic heterocycles. The van der Waals surface area contributed by atoms with Crippen molar-refractivity contribution in [2.24, 2.45) is 5.92 Å². The number of furan rings is 1. The van der Waals surface area contributed by atoms with Crippen molar-refractivity contribution in [2.75, 3.05) is 18.4 Å². The van der Waals surface area contributed by atoms with Crippen LogP contribution in [-0.2, 0) is 11.3 Å². The highest BCUT2D eigenvalue weighted by Crippen LogP contribution is 2.24. The lowest BCUT2D eigenvalue weighted by Gasteiger charge is -2.31. The number of aryl methyl sites for hydroxylation is 1. The summed E-state index contributed by atoms with van der Waals surface area (Å²) in [4.78, 5) is 26.9. The zero-order valence-corrected chi connectivity index (χ0v) is 18.7. The zero-order chi connectivity index (χ0) is 22.5. The molecule has 2 heterocycles. The molecule has 166 valence electrons. The molecular weight excluding hydrogens is 426 g/mol. The molecule has 32 heavy (non-hydrogen) atoms. The smallest absolute Gasteiger partial charge is 0.321 e. The molecule has 0 bridgehead atoms. The van der Waals surface area contributed by atoms with Gasteiger partial charge in [0.15, 0.2) is 0 Å². The normalized spacial score (nSPS) is 14.2. The van der Waals surface area contributed by atoms with Gasteiger partial charge in [-0.3, -0.25) is 4.79 Å². The summed E-state index contributed by atoms with van der Waals surface area (Å²) in [6.07, 6.45) is 1.28. The minimum atomic E-state index is -0.125. The van der Waals surface area contributed by atoms with Gasteiger partial charge in [-0.25, -0.2) is 4.79 Å². The van der Waals surface area contributed by atoms with Crippen LogP contribution in [0.1, 0.15) is 24.2 Å². The lowest BCUT2D eigenvalue weighted by atomic mass is 9.96. The van der Waals surface area contributed by atoms with Crippen LogP contribution < -0.4 is 10.6 Å². The fraction of sp³-hybridized carbons (Fsp3) is 0.280. The summed E-state index contributed by atoms with van der Waals surface area (Å²) in [7, 11) is 0. The fourth-order valence-corrected chi connectivity index (χ4v) is 3.96.